The van der Waals surface area contributed by atoms with Crippen molar-refractivity contribution >= 4 is 5.78 Å². The van der Waals surface area contributed by atoms with Crippen LogP contribution in [0.4, 0.5) is 0 Å². The lowest BCUT2D eigenvalue weighted by atomic mass is 9.45. The largest absolute Gasteiger partial charge is 0.295 e. The summed E-state index contributed by atoms with van der Waals surface area (Å²) >= 11 is 0. The fraction of sp³-hybridized carbons (Fsp3) is 0.750. The first-order chi connectivity index (χ1) is 13.7. The Hall–Kier alpha value is -1.11. The van der Waals surface area contributed by atoms with E-state index in [1.807, 2.05) is 6.08 Å². The van der Waals surface area contributed by atoms with E-state index in [1.54, 1.807) is 0 Å². The summed E-state index contributed by atoms with van der Waals surface area (Å²) in [6.07, 6.45) is 19.2. The number of ketones is 1. The molecular formula is C28H42O. The minimum absolute atomic E-state index is 0.207. The van der Waals surface area contributed by atoms with Crippen LogP contribution in [0.2, 0.25) is 0 Å². The maximum Gasteiger partial charge on any atom is 0.156 e. The van der Waals surface area contributed by atoms with Gasteiger partial charge in [-0.3, -0.25) is 4.79 Å². The zero-order valence-corrected chi connectivity index (χ0v) is 19.6. The smallest absolute Gasteiger partial charge is 0.156 e. The first-order valence-electron chi connectivity index (χ1n) is 12.3. The Kier molecular flexibility index (Phi) is 5.50. The first kappa shape index (κ1) is 21.1. The molecule has 0 aromatic carbocycles. The van der Waals surface area contributed by atoms with Gasteiger partial charge in [-0.2, -0.15) is 0 Å². The molecule has 2 saturated carbocycles. The molecule has 0 aromatic heterocycles. The molecule has 4 aliphatic carbocycles. The molecule has 8 atom stereocenters. The predicted molar refractivity (Wildman–Crippen MR) is 122 cm³/mol. The van der Waals surface area contributed by atoms with E-state index in [0.29, 0.717) is 29.0 Å². The first-order valence-corrected chi connectivity index (χ1v) is 12.3. The normalized spacial score (nSPS) is 43.7. The van der Waals surface area contributed by atoms with Crippen LogP contribution in [-0.4, -0.2) is 5.78 Å². The molecule has 0 aromatic rings. The van der Waals surface area contributed by atoms with Crippen molar-refractivity contribution in [1.29, 1.82) is 0 Å². The molecule has 0 unspecified atom stereocenters. The maximum atomic E-state index is 12.0. The van der Waals surface area contributed by atoms with E-state index < -0.39 is 0 Å². The molecule has 160 valence electrons. The molecule has 0 saturated heterocycles. The SMILES string of the molecule is CC(C)[C@@H](C)/C=C/[C@@H](C)[C@H]1CC[C@H]2[C@@H]1CC[C@H]1[C@@]2(C)C=CC2=CC(=O)CC[C@@]21C. The van der Waals surface area contributed by atoms with E-state index in [0.717, 1.165) is 36.5 Å². The number of allylic oxidation sites excluding steroid dienone is 6. The third-order valence-electron chi connectivity index (χ3n) is 9.92. The lowest BCUT2D eigenvalue weighted by molar-refractivity contribution is -0.117. The van der Waals surface area contributed by atoms with E-state index in [1.165, 1.54) is 31.3 Å². The lowest BCUT2D eigenvalue weighted by Crippen LogP contribution is -2.51. The van der Waals surface area contributed by atoms with Gasteiger partial charge in [0.1, 0.15) is 0 Å². The van der Waals surface area contributed by atoms with E-state index in [-0.39, 0.29) is 5.41 Å². The summed E-state index contributed by atoms with van der Waals surface area (Å²) in [5.41, 5.74) is 1.83. The highest BCUT2D eigenvalue weighted by atomic mass is 16.1. The molecule has 0 heterocycles. The second-order valence-corrected chi connectivity index (χ2v) is 11.7. The average molecular weight is 395 g/mol. The highest BCUT2D eigenvalue weighted by Crippen LogP contribution is 2.66. The molecule has 4 rings (SSSR count). The van der Waals surface area contributed by atoms with E-state index >= 15 is 0 Å². The van der Waals surface area contributed by atoms with Crippen LogP contribution >= 0.6 is 0 Å². The highest BCUT2D eigenvalue weighted by molar-refractivity contribution is 5.92. The van der Waals surface area contributed by atoms with Crippen LogP contribution in [0, 0.1) is 52.3 Å². The molecule has 4 aliphatic rings. The zero-order chi connectivity index (χ0) is 21.0. The summed E-state index contributed by atoms with van der Waals surface area (Å²) in [5, 5.41) is 0. The topological polar surface area (TPSA) is 17.1 Å². The molecule has 0 bridgehead atoms. The Bertz CT molecular complexity index is 739. The number of rotatable bonds is 4. The van der Waals surface area contributed by atoms with Crippen LogP contribution < -0.4 is 0 Å². The Labute approximate surface area is 179 Å². The zero-order valence-electron chi connectivity index (χ0n) is 19.6. The van der Waals surface area contributed by atoms with Crippen molar-refractivity contribution in [3.8, 4) is 0 Å². The van der Waals surface area contributed by atoms with Gasteiger partial charge in [-0.1, -0.05) is 65.8 Å². The summed E-state index contributed by atoms with van der Waals surface area (Å²) in [7, 11) is 0. The van der Waals surface area contributed by atoms with Crippen LogP contribution in [0.1, 0.15) is 80.1 Å². The van der Waals surface area contributed by atoms with Gasteiger partial charge in [-0.15, -0.1) is 0 Å². The molecule has 0 aliphatic heterocycles. The van der Waals surface area contributed by atoms with Gasteiger partial charge in [-0.05, 0) is 96.0 Å². The number of hydrogen-bond acceptors (Lipinski definition) is 1. The Morgan fingerprint density at radius 1 is 1.03 bits per heavy atom. The average Bonchev–Trinajstić information content (AvgIpc) is 3.12. The summed E-state index contributed by atoms with van der Waals surface area (Å²) in [5.74, 6) is 5.65. The molecule has 1 nitrogen and oxygen atoms in total. The Morgan fingerprint density at radius 3 is 2.52 bits per heavy atom. The van der Waals surface area contributed by atoms with Gasteiger partial charge in [0, 0.05) is 6.42 Å². The summed E-state index contributed by atoms with van der Waals surface area (Å²) in [6.45, 7) is 14.5. The number of carbonyl (C=O) groups excluding carboxylic acids is 1. The highest BCUT2D eigenvalue weighted by Gasteiger charge is 2.58. The fourth-order valence-electron chi connectivity index (χ4n) is 7.65. The van der Waals surface area contributed by atoms with Crippen LogP contribution in [-0.2, 0) is 4.79 Å². The number of carbonyl (C=O) groups is 1. The molecule has 29 heavy (non-hydrogen) atoms. The molecular weight excluding hydrogens is 352 g/mol. The molecule has 1 heteroatoms. The molecule has 0 amide bonds. The standard InChI is InChI=1S/C28H42O/c1-18(2)19(3)7-8-20(4)23-9-11-25-24(23)10-12-26-27(5)16-14-22(29)17-21(27)13-15-28(25,26)6/h7-8,13,15,17-20,23-26H,9-12,14,16H2,1-6H3/b8-7+/t19-,20+,23+,24+,25-,26+,27-,28-/m0/s1. The lowest BCUT2D eigenvalue weighted by Gasteiger charge is -2.58. The minimum Gasteiger partial charge on any atom is -0.295 e. The van der Waals surface area contributed by atoms with Crippen molar-refractivity contribution in [2.24, 2.45) is 52.3 Å². The van der Waals surface area contributed by atoms with Gasteiger partial charge in [0.25, 0.3) is 0 Å². The predicted octanol–water partition coefficient (Wildman–Crippen LogP) is 7.39. The summed E-state index contributed by atoms with van der Waals surface area (Å²) in [6, 6.07) is 0. The van der Waals surface area contributed by atoms with E-state index in [9.17, 15) is 4.79 Å². The van der Waals surface area contributed by atoms with Crippen LogP contribution in [0.15, 0.2) is 36.0 Å². The second kappa shape index (κ2) is 7.54. The van der Waals surface area contributed by atoms with E-state index in [4.69, 9.17) is 0 Å². The monoisotopic (exact) mass is 394 g/mol. The van der Waals surface area contributed by atoms with Crippen molar-refractivity contribution in [1.82, 2.24) is 0 Å². The third-order valence-corrected chi connectivity index (χ3v) is 9.92. The minimum atomic E-state index is 0.207. The fourth-order valence-corrected chi connectivity index (χ4v) is 7.65. The van der Waals surface area contributed by atoms with Gasteiger partial charge >= 0.3 is 0 Å². The van der Waals surface area contributed by atoms with Gasteiger partial charge in [0.05, 0.1) is 0 Å². The van der Waals surface area contributed by atoms with E-state index in [2.05, 4.69) is 65.8 Å². The number of fused-ring (bicyclic) bond motifs is 5. The third kappa shape index (κ3) is 3.41. The van der Waals surface area contributed by atoms with Gasteiger partial charge in [0.2, 0.25) is 0 Å². The van der Waals surface area contributed by atoms with Crippen LogP contribution in [0.25, 0.3) is 0 Å². The molecule has 0 N–H and O–H groups in total. The van der Waals surface area contributed by atoms with Crippen molar-refractivity contribution in [3.05, 3.63) is 36.0 Å². The molecule has 2 fully saturated rings. The second-order valence-electron chi connectivity index (χ2n) is 11.7. The van der Waals surface area contributed by atoms with Crippen molar-refractivity contribution in [2.45, 2.75) is 80.1 Å². The molecule has 0 spiro atoms. The Morgan fingerprint density at radius 2 is 1.79 bits per heavy atom. The summed E-state index contributed by atoms with van der Waals surface area (Å²) in [4.78, 5) is 12.0. The van der Waals surface area contributed by atoms with Crippen LogP contribution in [0.3, 0.4) is 0 Å². The quantitative estimate of drug-likeness (QED) is 0.454. The molecule has 0 radical (unpaired) electrons. The van der Waals surface area contributed by atoms with Gasteiger partial charge < -0.3 is 0 Å². The van der Waals surface area contributed by atoms with Crippen molar-refractivity contribution < 1.29 is 4.79 Å². The maximum absolute atomic E-state index is 12.0. The summed E-state index contributed by atoms with van der Waals surface area (Å²) < 4.78 is 0. The van der Waals surface area contributed by atoms with Crippen LogP contribution in [0.5, 0.6) is 0 Å². The van der Waals surface area contributed by atoms with Crippen molar-refractivity contribution in [2.75, 3.05) is 0 Å². The number of hydrogen-bond donors (Lipinski definition) is 0. The van der Waals surface area contributed by atoms with Gasteiger partial charge in [0.15, 0.2) is 5.78 Å². The van der Waals surface area contributed by atoms with Crippen molar-refractivity contribution in [3.63, 3.8) is 0 Å². The van der Waals surface area contributed by atoms with Gasteiger partial charge in [-0.25, -0.2) is 0 Å². The Balaban J connectivity index is 1.57.